The van der Waals surface area contributed by atoms with Gasteiger partial charge >= 0.3 is 0 Å². The van der Waals surface area contributed by atoms with Crippen LogP contribution in [-0.2, 0) is 23.3 Å². The number of hydrogen-bond acceptors (Lipinski definition) is 3. The maximum Gasteiger partial charge on any atom is 0.183 e. The average molecular weight is 372 g/mol. The Labute approximate surface area is 146 Å². The summed E-state index contributed by atoms with van der Waals surface area (Å²) in [5.41, 5.74) is 0.858. The first kappa shape index (κ1) is 18.7. The molecule has 24 heavy (non-hydrogen) atoms. The fourth-order valence-corrected chi connectivity index (χ4v) is 4.33. The lowest BCUT2D eigenvalue weighted by atomic mass is 10.1. The lowest BCUT2D eigenvalue weighted by molar-refractivity contribution is 0.0985. The van der Waals surface area contributed by atoms with E-state index >= 15 is 0 Å². The summed E-state index contributed by atoms with van der Waals surface area (Å²) in [6, 6.07) is 5.48. The molecule has 1 aromatic carbocycles. The second kappa shape index (κ2) is 7.07. The third-order valence-electron chi connectivity index (χ3n) is 3.53. The lowest BCUT2D eigenvalue weighted by Gasteiger charge is -2.04. The van der Waals surface area contributed by atoms with Crippen LogP contribution in [-0.4, -0.2) is 24.5 Å². The average Bonchev–Trinajstić information content (AvgIpc) is 2.84. The molecule has 0 aliphatic rings. The summed E-state index contributed by atoms with van der Waals surface area (Å²) < 4.78 is 39.2. The highest BCUT2D eigenvalue weighted by molar-refractivity contribution is 7.91. The van der Waals surface area contributed by atoms with E-state index in [0.717, 1.165) is 0 Å². The van der Waals surface area contributed by atoms with Crippen LogP contribution in [0.3, 0.4) is 0 Å². The molecule has 130 valence electrons. The summed E-state index contributed by atoms with van der Waals surface area (Å²) in [5, 5.41) is -0.0487. The van der Waals surface area contributed by atoms with Crippen molar-refractivity contribution in [2.45, 2.75) is 25.2 Å². The highest BCUT2D eigenvalue weighted by Crippen LogP contribution is 2.20. The number of carbonyl (C=O) groups is 1. The molecule has 2 aromatic rings. The zero-order chi connectivity index (χ0) is 18.1. The summed E-state index contributed by atoms with van der Waals surface area (Å²) in [5.74, 6) is -0.784. The fraction of sp³-hybridized carbons (Fsp3) is 0.353. The number of rotatable bonds is 6. The molecular formula is C17H19ClFNO3S. The van der Waals surface area contributed by atoms with Gasteiger partial charge in [-0.2, -0.15) is 0 Å². The van der Waals surface area contributed by atoms with Crippen LogP contribution in [0.4, 0.5) is 4.39 Å². The Morgan fingerprint density at radius 2 is 1.96 bits per heavy atom. The Balaban J connectivity index is 2.26. The van der Waals surface area contributed by atoms with Crippen molar-refractivity contribution in [2.24, 2.45) is 13.0 Å². The van der Waals surface area contributed by atoms with Gasteiger partial charge in [0.25, 0.3) is 0 Å². The summed E-state index contributed by atoms with van der Waals surface area (Å²) in [6.45, 7) is 3.65. The minimum Gasteiger partial charge on any atom is -0.347 e. The number of carbonyl (C=O) groups excluding carboxylic acids is 1. The van der Waals surface area contributed by atoms with Gasteiger partial charge < -0.3 is 4.57 Å². The predicted octanol–water partition coefficient (Wildman–Crippen LogP) is 3.67. The van der Waals surface area contributed by atoms with Gasteiger partial charge in [-0.3, -0.25) is 4.79 Å². The molecule has 0 spiro atoms. The molecule has 0 aliphatic heterocycles. The number of benzene rings is 1. The molecule has 0 N–H and O–H groups in total. The van der Waals surface area contributed by atoms with Crippen LogP contribution in [0.25, 0.3) is 0 Å². The Bertz CT molecular complexity index is 872. The summed E-state index contributed by atoms with van der Waals surface area (Å²) in [6.07, 6.45) is 1.46. The first-order valence-corrected chi connectivity index (χ1v) is 9.49. The Morgan fingerprint density at radius 3 is 2.54 bits per heavy atom. The molecule has 0 aliphatic carbocycles. The third kappa shape index (κ3) is 4.24. The van der Waals surface area contributed by atoms with Crippen LogP contribution in [0, 0.1) is 11.7 Å². The van der Waals surface area contributed by atoms with Gasteiger partial charge in [0.1, 0.15) is 5.82 Å². The van der Waals surface area contributed by atoms with Crippen molar-refractivity contribution in [1.82, 2.24) is 4.57 Å². The highest BCUT2D eigenvalue weighted by atomic mass is 35.5. The van der Waals surface area contributed by atoms with E-state index in [1.54, 1.807) is 7.05 Å². The number of nitrogens with zero attached hydrogens (tertiary/aromatic N) is 1. The quantitative estimate of drug-likeness (QED) is 0.728. The SMILES string of the molecule is CC(C)CS(=O)(=O)c1cc(C(=O)Cc2ccc(F)c(Cl)c2)n(C)c1. The van der Waals surface area contributed by atoms with Crippen LogP contribution in [0.1, 0.15) is 29.9 Å². The van der Waals surface area contributed by atoms with Gasteiger partial charge in [-0.25, -0.2) is 12.8 Å². The van der Waals surface area contributed by atoms with E-state index in [0.29, 0.717) is 5.56 Å². The molecule has 0 atom stereocenters. The van der Waals surface area contributed by atoms with E-state index < -0.39 is 15.7 Å². The summed E-state index contributed by atoms with van der Waals surface area (Å²) >= 11 is 5.72. The number of ketones is 1. The molecule has 1 heterocycles. The van der Waals surface area contributed by atoms with Crippen LogP contribution in [0.15, 0.2) is 35.4 Å². The molecule has 0 amide bonds. The van der Waals surface area contributed by atoms with Crippen molar-refractivity contribution in [3.05, 3.63) is 52.6 Å². The van der Waals surface area contributed by atoms with Gasteiger partial charge in [0.05, 0.1) is 21.4 Å². The molecule has 0 bridgehead atoms. The normalized spacial score (nSPS) is 11.9. The van der Waals surface area contributed by atoms with Crippen molar-refractivity contribution in [1.29, 1.82) is 0 Å². The monoisotopic (exact) mass is 371 g/mol. The molecule has 0 saturated carbocycles. The number of halogens is 2. The standard InChI is InChI=1S/C17H19ClFNO3S/c1-11(2)10-24(22,23)13-8-16(20(3)9-13)17(21)7-12-4-5-15(19)14(18)6-12/h4-6,8-9,11H,7,10H2,1-3H3. The molecule has 1 aromatic heterocycles. The Kier molecular flexibility index (Phi) is 5.50. The summed E-state index contributed by atoms with van der Waals surface area (Å²) in [7, 11) is -1.80. The van der Waals surface area contributed by atoms with Crippen LogP contribution in [0.5, 0.6) is 0 Å². The fourth-order valence-electron chi connectivity index (χ4n) is 2.44. The maximum absolute atomic E-state index is 13.2. The number of Topliss-reactive ketones (excluding diaryl/α,β-unsaturated/α-hetero) is 1. The minimum atomic E-state index is -3.42. The molecule has 0 radical (unpaired) electrons. The van der Waals surface area contributed by atoms with E-state index in [9.17, 15) is 17.6 Å². The molecular weight excluding hydrogens is 353 g/mol. The largest absolute Gasteiger partial charge is 0.347 e. The van der Waals surface area contributed by atoms with E-state index in [4.69, 9.17) is 11.6 Å². The highest BCUT2D eigenvalue weighted by Gasteiger charge is 2.22. The topological polar surface area (TPSA) is 56.1 Å². The van der Waals surface area contributed by atoms with Crippen LogP contribution < -0.4 is 0 Å². The third-order valence-corrected chi connectivity index (χ3v) is 5.86. The first-order valence-electron chi connectivity index (χ1n) is 7.46. The second-order valence-electron chi connectivity index (χ2n) is 6.20. The van der Waals surface area contributed by atoms with Crippen molar-refractivity contribution in [2.75, 3.05) is 5.75 Å². The number of hydrogen-bond donors (Lipinski definition) is 0. The molecule has 0 unspecified atom stereocenters. The molecule has 7 heteroatoms. The zero-order valence-electron chi connectivity index (χ0n) is 13.7. The van der Waals surface area contributed by atoms with E-state index in [1.165, 1.54) is 35.0 Å². The smallest absolute Gasteiger partial charge is 0.183 e. The van der Waals surface area contributed by atoms with Gasteiger partial charge in [0.15, 0.2) is 15.6 Å². The summed E-state index contributed by atoms with van der Waals surface area (Å²) in [4.78, 5) is 12.6. The molecule has 0 fully saturated rings. The van der Waals surface area contributed by atoms with E-state index in [2.05, 4.69) is 0 Å². The van der Waals surface area contributed by atoms with Gasteiger partial charge in [-0.15, -0.1) is 0 Å². The minimum absolute atomic E-state index is 0.00397. The van der Waals surface area contributed by atoms with Crippen LogP contribution in [0.2, 0.25) is 5.02 Å². The lowest BCUT2D eigenvalue weighted by Crippen LogP contribution is -2.11. The maximum atomic E-state index is 13.2. The van der Waals surface area contributed by atoms with Gasteiger partial charge in [0.2, 0.25) is 0 Å². The van der Waals surface area contributed by atoms with Gasteiger partial charge in [0, 0.05) is 19.7 Å². The molecule has 2 rings (SSSR count). The number of aryl methyl sites for hydroxylation is 1. The predicted molar refractivity (Wildman–Crippen MR) is 91.7 cm³/mol. The first-order chi connectivity index (χ1) is 11.1. The molecule has 0 saturated heterocycles. The van der Waals surface area contributed by atoms with Crippen molar-refractivity contribution in [3.8, 4) is 0 Å². The van der Waals surface area contributed by atoms with Gasteiger partial charge in [-0.1, -0.05) is 31.5 Å². The van der Waals surface area contributed by atoms with Crippen molar-refractivity contribution >= 4 is 27.2 Å². The van der Waals surface area contributed by atoms with Crippen LogP contribution >= 0.6 is 11.6 Å². The molecule has 4 nitrogen and oxygen atoms in total. The Morgan fingerprint density at radius 1 is 1.29 bits per heavy atom. The van der Waals surface area contributed by atoms with E-state index in [1.807, 2.05) is 13.8 Å². The van der Waals surface area contributed by atoms with Crippen molar-refractivity contribution < 1.29 is 17.6 Å². The van der Waals surface area contributed by atoms with Crippen molar-refractivity contribution in [3.63, 3.8) is 0 Å². The number of sulfone groups is 1. The van der Waals surface area contributed by atoms with E-state index in [-0.39, 0.29) is 39.5 Å². The van der Waals surface area contributed by atoms with Gasteiger partial charge in [-0.05, 0) is 29.7 Å². The number of aromatic nitrogens is 1. The Hall–Kier alpha value is -1.66. The zero-order valence-corrected chi connectivity index (χ0v) is 15.3. The second-order valence-corrected chi connectivity index (χ2v) is 8.64.